The fourth-order valence-electron chi connectivity index (χ4n) is 3.83. The van der Waals surface area contributed by atoms with Crippen LogP contribution in [0.4, 0.5) is 13.2 Å². The second-order valence-electron chi connectivity index (χ2n) is 8.00. The van der Waals surface area contributed by atoms with E-state index in [9.17, 15) is 18.0 Å². The van der Waals surface area contributed by atoms with E-state index in [1.807, 2.05) is 35.2 Å². The van der Waals surface area contributed by atoms with E-state index in [-0.39, 0.29) is 23.7 Å². The molecule has 1 N–H and O–H groups in total. The van der Waals surface area contributed by atoms with Crippen molar-refractivity contribution in [2.24, 2.45) is 0 Å². The number of amides is 1. The van der Waals surface area contributed by atoms with Gasteiger partial charge < -0.3 is 9.73 Å². The van der Waals surface area contributed by atoms with Gasteiger partial charge in [0.25, 0.3) is 5.91 Å². The lowest BCUT2D eigenvalue weighted by atomic mass is 10.1. The number of aromatic nitrogens is 1. The molecule has 4 rings (SSSR count). The molecule has 0 saturated carbocycles. The molecular formula is C24H25F3N4O2. The van der Waals surface area contributed by atoms with Crippen LogP contribution in [0.5, 0.6) is 0 Å². The molecule has 0 spiro atoms. The van der Waals surface area contributed by atoms with Gasteiger partial charge in [0.05, 0.1) is 12.1 Å². The lowest BCUT2D eigenvalue weighted by Crippen LogP contribution is -2.45. The zero-order valence-electron chi connectivity index (χ0n) is 18.0. The van der Waals surface area contributed by atoms with Gasteiger partial charge in [0, 0.05) is 39.3 Å². The summed E-state index contributed by atoms with van der Waals surface area (Å²) in [4.78, 5) is 20.7. The molecule has 2 aromatic carbocycles. The summed E-state index contributed by atoms with van der Waals surface area (Å²) in [7, 11) is 0. The van der Waals surface area contributed by atoms with Crippen LogP contribution in [0.3, 0.4) is 0 Å². The Hall–Kier alpha value is -3.17. The number of hydrogen-bond donors (Lipinski definition) is 1. The van der Waals surface area contributed by atoms with E-state index in [1.54, 1.807) is 6.07 Å². The van der Waals surface area contributed by atoms with Crippen LogP contribution in [0.2, 0.25) is 0 Å². The van der Waals surface area contributed by atoms with Gasteiger partial charge in [-0.15, -0.1) is 0 Å². The topological polar surface area (TPSA) is 61.6 Å². The molecule has 174 valence electrons. The van der Waals surface area contributed by atoms with Gasteiger partial charge in [0.1, 0.15) is 6.26 Å². The van der Waals surface area contributed by atoms with Crippen molar-refractivity contribution in [3.8, 4) is 0 Å². The standard InChI is InChI=1S/C24H25F3N4O2/c25-24(26,27)20-9-5-4-8-19(20)15-30-10-12-31(13-11-30)16-22-29-21(17-33-22)23(32)28-14-18-6-2-1-3-7-18/h1-9,17H,10-16H2,(H,28,32). The van der Waals surface area contributed by atoms with E-state index in [0.29, 0.717) is 45.2 Å². The maximum Gasteiger partial charge on any atom is 0.416 e. The van der Waals surface area contributed by atoms with Crippen LogP contribution in [0.15, 0.2) is 65.3 Å². The summed E-state index contributed by atoms with van der Waals surface area (Å²) in [6.07, 6.45) is -3.01. The molecular weight excluding hydrogens is 433 g/mol. The van der Waals surface area contributed by atoms with Crippen LogP contribution in [0.1, 0.15) is 33.1 Å². The Bertz CT molecular complexity index is 1060. The molecule has 0 aliphatic carbocycles. The second-order valence-corrected chi connectivity index (χ2v) is 8.00. The molecule has 1 fully saturated rings. The number of nitrogens with zero attached hydrogens (tertiary/aromatic N) is 3. The lowest BCUT2D eigenvalue weighted by Gasteiger charge is -2.34. The van der Waals surface area contributed by atoms with Crippen LogP contribution < -0.4 is 5.32 Å². The highest BCUT2D eigenvalue weighted by molar-refractivity contribution is 5.91. The van der Waals surface area contributed by atoms with Gasteiger partial charge in [-0.25, -0.2) is 4.98 Å². The number of hydrogen-bond acceptors (Lipinski definition) is 5. The van der Waals surface area contributed by atoms with E-state index >= 15 is 0 Å². The number of carbonyl (C=O) groups excluding carboxylic acids is 1. The zero-order valence-corrected chi connectivity index (χ0v) is 18.0. The van der Waals surface area contributed by atoms with Crippen molar-refractivity contribution < 1.29 is 22.4 Å². The molecule has 33 heavy (non-hydrogen) atoms. The van der Waals surface area contributed by atoms with E-state index in [4.69, 9.17) is 4.42 Å². The molecule has 0 atom stereocenters. The van der Waals surface area contributed by atoms with Gasteiger partial charge in [-0.05, 0) is 17.2 Å². The molecule has 1 aromatic heterocycles. The molecule has 6 nitrogen and oxygen atoms in total. The van der Waals surface area contributed by atoms with Crippen LogP contribution in [-0.4, -0.2) is 46.9 Å². The first-order valence-electron chi connectivity index (χ1n) is 10.7. The minimum Gasteiger partial charge on any atom is -0.447 e. The summed E-state index contributed by atoms with van der Waals surface area (Å²) in [6, 6.07) is 15.3. The average molecular weight is 458 g/mol. The van der Waals surface area contributed by atoms with Crippen molar-refractivity contribution in [3.05, 3.63) is 89.1 Å². The predicted octanol–water partition coefficient (Wildman–Crippen LogP) is 3.94. The number of rotatable bonds is 7. The smallest absolute Gasteiger partial charge is 0.416 e. The summed E-state index contributed by atoms with van der Waals surface area (Å²) >= 11 is 0. The van der Waals surface area contributed by atoms with Crippen LogP contribution >= 0.6 is 0 Å². The van der Waals surface area contributed by atoms with Gasteiger partial charge in [-0.1, -0.05) is 48.5 Å². The Morgan fingerprint density at radius 1 is 0.939 bits per heavy atom. The highest BCUT2D eigenvalue weighted by atomic mass is 19.4. The van der Waals surface area contributed by atoms with Crippen molar-refractivity contribution in [1.82, 2.24) is 20.1 Å². The summed E-state index contributed by atoms with van der Waals surface area (Å²) in [6.45, 7) is 3.72. The van der Waals surface area contributed by atoms with Gasteiger partial charge in [0.2, 0.25) is 5.89 Å². The quantitative estimate of drug-likeness (QED) is 0.581. The molecule has 0 bridgehead atoms. The van der Waals surface area contributed by atoms with E-state index < -0.39 is 11.7 Å². The zero-order chi connectivity index (χ0) is 23.3. The third-order valence-electron chi connectivity index (χ3n) is 5.62. The molecule has 9 heteroatoms. The van der Waals surface area contributed by atoms with Gasteiger partial charge >= 0.3 is 6.18 Å². The minimum absolute atomic E-state index is 0.225. The van der Waals surface area contributed by atoms with Crippen LogP contribution in [-0.2, 0) is 25.8 Å². The van der Waals surface area contributed by atoms with Crippen LogP contribution in [0.25, 0.3) is 0 Å². The Morgan fingerprint density at radius 2 is 1.58 bits per heavy atom. The third kappa shape index (κ3) is 6.21. The number of nitrogens with one attached hydrogen (secondary N) is 1. The first-order chi connectivity index (χ1) is 15.9. The van der Waals surface area contributed by atoms with Gasteiger partial charge in [0.15, 0.2) is 5.69 Å². The fraction of sp³-hybridized carbons (Fsp3) is 0.333. The van der Waals surface area contributed by atoms with E-state index in [1.165, 1.54) is 18.4 Å². The maximum atomic E-state index is 13.2. The summed E-state index contributed by atoms with van der Waals surface area (Å²) < 4.78 is 45.1. The normalized spacial score (nSPS) is 15.5. The minimum atomic E-state index is -4.35. The van der Waals surface area contributed by atoms with Gasteiger partial charge in [-0.2, -0.15) is 13.2 Å². The van der Waals surface area contributed by atoms with Crippen molar-refractivity contribution in [2.45, 2.75) is 25.8 Å². The van der Waals surface area contributed by atoms with Crippen molar-refractivity contribution >= 4 is 5.91 Å². The number of halogens is 3. The summed E-state index contributed by atoms with van der Waals surface area (Å²) in [5.41, 5.74) is 0.927. The lowest BCUT2D eigenvalue weighted by molar-refractivity contribution is -0.138. The predicted molar refractivity (Wildman–Crippen MR) is 116 cm³/mol. The number of benzene rings is 2. The average Bonchev–Trinajstić information content (AvgIpc) is 3.28. The Balaban J connectivity index is 1.25. The molecule has 1 amide bonds. The molecule has 0 unspecified atom stereocenters. The van der Waals surface area contributed by atoms with Crippen molar-refractivity contribution in [2.75, 3.05) is 26.2 Å². The third-order valence-corrected chi connectivity index (χ3v) is 5.62. The number of carbonyl (C=O) groups is 1. The number of piperazine rings is 1. The molecule has 1 saturated heterocycles. The maximum absolute atomic E-state index is 13.2. The van der Waals surface area contributed by atoms with Crippen molar-refractivity contribution in [1.29, 1.82) is 0 Å². The first-order valence-corrected chi connectivity index (χ1v) is 10.7. The molecule has 1 aliphatic rings. The summed E-state index contributed by atoms with van der Waals surface area (Å²) in [5, 5.41) is 2.81. The number of oxazole rings is 1. The fourth-order valence-corrected chi connectivity index (χ4v) is 3.83. The molecule has 3 aromatic rings. The highest BCUT2D eigenvalue weighted by Crippen LogP contribution is 2.32. The molecule has 2 heterocycles. The SMILES string of the molecule is O=C(NCc1ccccc1)c1coc(CN2CCN(Cc3ccccc3C(F)(F)F)CC2)n1. The first kappa shape index (κ1) is 23.0. The van der Waals surface area contributed by atoms with Gasteiger partial charge in [-0.3, -0.25) is 14.6 Å². The number of alkyl halides is 3. The van der Waals surface area contributed by atoms with E-state index in [0.717, 1.165) is 11.6 Å². The van der Waals surface area contributed by atoms with Crippen LogP contribution in [0, 0.1) is 0 Å². The monoisotopic (exact) mass is 458 g/mol. The molecule has 1 aliphatic heterocycles. The highest BCUT2D eigenvalue weighted by Gasteiger charge is 2.33. The second kappa shape index (κ2) is 10.2. The largest absolute Gasteiger partial charge is 0.447 e. The summed E-state index contributed by atoms with van der Waals surface area (Å²) in [5.74, 6) is 0.137. The Kier molecular flexibility index (Phi) is 7.10. The Labute approximate surface area is 190 Å². The Morgan fingerprint density at radius 3 is 2.27 bits per heavy atom. The van der Waals surface area contributed by atoms with Crippen molar-refractivity contribution in [3.63, 3.8) is 0 Å². The molecule has 0 radical (unpaired) electrons. The van der Waals surface area contributed by atoms with E-state index in [2.05, 4.69) is 15.2 Å².